The maximum absolute atomic E-state index is 12.4. The fourth-order valence-electron chi connectivity index (χ4n) is 3.07. The van der Waals surface area contributed by atoms with E-state index in [-0.39, 0.29) is 17.9 Å². The van der Waals surface area contributed by atoms with Crippen LogP contribution in [-0.2, 0) is 4.79 Å². The summed E-state index contributed by atoms with van der Waals surface area (Å²) in [5, 5.41) is 3.67. The van der Waals surface area contributed by atoms with Gasteiger partial charge >= 0.3 is 0 Å². The Morgan fingerprint density at radius 2 is 2.00 bits per heavy atom. The predicted molar refractivity (Wildman–Crippen MR) is 76.6 cm³/mol. The normalized spacial score (nSPS) is 25.9. The molecule has 0 aliphatic carbocycles. The summed E-state index contributed by atoms with van der Waals surface area (Å²) >= 11 is 5.84. The van der Waals surface area contributed by atoms with Crippen molar-refractivity contribution in [2.75, 3.05) is 13.1 Å². The van der Waals surface area contributed by atoms with Crippen LogP contribution in [0.4, 0.5) is 0 Å². The summed E-state index contributed by atoms with van der Waals surface area (Å²) in [4.78, 5) is 25.7. The molecular formula is C15H17ClN2O2. The number of carbonyl (C=O) groups is 2. The van der Waals surface area contributed by atoms with Gasteiger partial charge in [-0.05, 0) is 43.0 Å². The quantitative estimate of drug-likeness (QED) is 0.861. The molecule has 2 unspecified atom stereocenters. The lowest BCUT2D eigenvalue weighted by atomic mass is 9.85. The minimum atomic E-state index is 0.0528. The van der Waals surface area contributed by atoms with Crippen LogP contribution in [0.3, 0.4) is 0 Å². The van der Waals surface area contributed by atoms with Crippen molar-refractivity contribution in [1.29, 1.82) is 0 Å². The number of rotatable bonds is 1. The standard InChI is InChI=1S/C15H17ClN2O2/c16-12-4-1-10(2-5-12)15(20)18-8-7-13-11(9-18)3-6-14(19)17-13/h1-2,4-5,11,13H,3,6-9H2,(H,17,19). The summed E-state index contributed by atoms with van der Waals surface area (Å²) in [5.41, 5.74) is 0.674. The second kappa shape index (κ2) is 5.44. The van der Waals surface area contributed by atoms with Crippen LogP contribution in [0.15, 0.2) is 24.3 Å². The van der Waals surface area contributed by atoms with E-state index in [1.807, 2.05) is 4.90 Å². The van der Waals surface area contributed by atoms with E-state index in [9.17, 15) is 9.59 Å². The van der Waals surface area contributed by atoms with Crippen molar-refractivity contribution in [3.8, 4) is 0 Å². The summed E-state index contributed by atoms with van der Waals surface area (Å²) in [5.74, 6) is 0.582. The number of nitrogens with one attached hydrogen (secondary N) is 1. The maximum atomic E-state index is 12.4. The third-order valence-corrected chi connectivity index (χ3v) is 4.45. The average Bonchev–Trinajstić information content (AvgIpc) is 2.47. The van der Waals surface area contributed by atoms with Gasteiger partial charge < -0.3 is 10.2 Å². The van der Waals surface area contributed by atoms with Gasteiger partial charge in [0.2, 0.25) is 5.91 Å². The molecule has 4 nitrogen and oxygen atoms in total. The molecule has 5 heteroatoms. The minimum Gasteiger partial charge on any atom is -0.353 e. The summed E-state index contributed by atoms with van der Waals surface area (Å²) in [7, 11) is 0. The van der Waals surface area contributed by atoms with E-state index >= 15 is 0 Å². The number of likely N-dealkylation sites (tertiary alicyclic amines) is 1. The molecule has 2 aliphatic rings. The van der Waals surface area contributed by atoms with Gasteiger partial charge in [0.15, 0.2) is 0 Å². The van der Waals surface area contributed by atoms with Gasteiger partial charge in [0.25, 0.3) is 5.91 Å². The molecule has 2 saturated heterocycles. The third kappa shape index (κ3) is 2.66. The van der Waals surface area contributed by atoms with E-state index in [1.165, 1.54) is 0 Å². The molecule has 3 rings (SSSR count). The van der Waals surface area contributed by atoms with E-state index < -0.39 is 0 Å². The van der Waals surface area contributed by atoms with Crippen LogP contribution in [-0.4, -0.2) is 35.8 Å². The van der Waals surface area contributed by atoms with Gasteiger partial charge in [-0.25, -0.2) is 0 Å². The molecule has 0 radical (unpaired) electrons. The van der Waals surface area contributed by atoms with Gasteiger partial charge in [-0.2, -0.15) is 0 Å². The van der Waals surface area contributed by atoms with Crippen LogP contribution in [0.1, 0.15) is 29.6 Å². The SMILES string of the molecule is O=C1CCC2CN(C(=O)c3ccc(Cl)cc3)CCC2N1. The Balaban J connectivity index is 1.68. The first-order valence-corrected chi connectivity index (χ1v) is 7.35. The van der Waals surface area contributed by atoms with Gasteiger partial charge in [-0.15, -0.1) is 0 Å². The van der Waals surface area contributed by atoms with Crippen LogP contribution >= 0.6 is 11.6 Å². The van der Waals surface area contributed by atoms with E-state index in [0.717, 1.165) is 19.4 Å². The van der Waals surface area contributed by atoms with Crippen molar-refractivity contribution in [2.45, 2.75) is 25.3 Å². The van der Waals surface area contributed by atoms with Crippen molar-refractivity contribution in [1.82, 2.24) is 10.2 Å². The second-order valence-electron chi connectivity index (χ2n) is 5.52. The molecule has 0 saturated carbocycles. The molecule has 1 aromatic rings. The Kier molecular flexibility index (Phi) is 3.66. The highest BCUT2D eigenvalue weighted by molar-refractivity contribution is 6.30. The number of hydrogen-bond donors (Lipinski definition) is 1. The first-order chi connectivity index (χ1) is 9.63. The van der Waals surface area contributed by atoms with Crippen molar-refractivity contribution in [3.05, 3.63) is 34.9 Å². The highest BCUT2D eigenvalue weighted by atomic mass is 35.5. The van der Waals surface area contributed by atoms with Gasteiger partial charge in [0.05, 0.1) is 0 Å². The molecule has 106 valence electrons. The lowest BCUT2D eigenvalue weighted by Gasteiger charge is -2.41. The number of hydrogen-bond acceptors (Lipinski definition) is 2. The van der Waals surface area contributed by atoms with Crippen LogP contribution in [0.25, 0.3) is 0 Å². The monoisotopic (exact) mass is 292 g/mol. The molecule has 1 N–H and O–H groups in total. The predicted octanol–water partition coefficient (Wildman–Crippen LogP) is 2.08. The number of carbonyl (C=O) groups excluding carboxylic acids is 2. The Morgan fingerprint density at radius 3 is 2.75 bits per heavy atom. The number of piperidine rings is 2. The smallest absolute Gasteiger partial charge is 0.253 e. The van der Waals surface area contributed by atoms with Crippen molar-refractivity contribution < 1.29 is 9.59 Å². The minimum absolute atomic E-state index is 0.0528. The summed E-state index contributed by atoms with van der Waals surface area (Å²) in [6.45, 7) is 1.43. The summed E-state index contributed by atoms with van der Waals surface area (Å²) in [6, 6.07) is 7.24. The maximum Gasteiger partial charge on any atom is 0.253 e. The van der Waals surface area contributed by atoms with Crippen molar-refractivity contribution in [2.24, 2.45) is 5.92 Å². The number of fused-ring (bicyclic) bond motifs is 1. The zero-order chi connectivity index (χ0) is 14.1. The van der Waals surface area contributed by atoms with Crippen LogP contribution in [0, 0.1) is 5.92 Å². The van der Waals surface area contributed by atoms with Crippen LogP contribution in [0.5, 0.6) is 0 Å². The van der Waals surface area contributed by atoms with Gasteiger partial charge in [0, 0.05) is 36.1 Å². The number of amides is 2. The van der Waals surface area contributed by atoms with Crippen LogP contribution in [0.2, 0.25) is 5.02 Å². The van der Waals surface area contributed by atoms with Crippen LogP contribution < -0.4 is 5.32 Å². The molecule has 2 atom stereocenters. The Hall–Kier alpha value is -1.55. The molecule has 20 heavy (non-hydrogen) atoms. The van der Waals surface area contributed by atoms with E-state index in [0.29, 0.717) is 29.5 Å². The molecule has 2 fully saturated rings. The van der Waals surface area contributed by atoms with Gasteiger partial charge in [-0.1, -0.05) is 11.6 Å². The molecule has 2 heterocycles. The topological polar surface area (TPSA) is 49.4 Å². The van der Waals surface area contributed by atoms with Gasteiger partial charge in [-0.3, -0.25) is 9.59 Å². The molecule has 2 aliphatic heterocycles. The molecule has 1 aromatic carbocycles. The fourth-order valence-corrected chi connectivity index (χ4v) is 3.20. The fraction of sp³-hybridized carbons (Fsp3) is 0.467. The third-order valence-electron chi connectivity index (χ3n) is 4.20. The van der Waals surface area contributed by atoms with E-state index in [2.05, 4.69) is 5.32 Å². The Bertz CT molecular complexity index is 529. The molecule has 0 spiro atoms. The molecule has 2 amide bonds. The Labute approximate surface area is 123 Å². The lowest BCUT2D eigenvalue weighted by molar-refractivity contribution is -0.125. The van der Waals surface area contributed by atoms with E-state index in [1.54, 1.807) is 24.3 Å². The van der Waals surface area contributed by atoms with Crippen molar-refractivity contribution >= 4 is 23.4 Å². The first-order valence-electron chi connectivity index (χ1n) is 6.97. The molecule has 0 aromatic heterocycles. The lowest BCUT2D eigenvalue weighted by Crippen LogP contribution is -2.55. The Morgan fingerprint density at radius 1 is 1.25 bits per heavy atom. The van der Waals surface area contributed by atoms with E-state index in [4.69, 9.17) is 11.6 Å². The number of halogens is 1. The van der Waals surface area contributed by atoms with Crippen molar-refractivity contribution in [3.63, 3.8) is 0 Å². The highest BCUT2D eigenvalue weighted by Gasteiger charge is 2.35. The summed E-state index contributed by atoms with van der Waals surface area (Å²) < 4.78 is 0. The zero-order valence-electron chi connectivity index (χ0n) is 11.1. The largest absolute Gasteiger partial charge is 0.353 e. The van der Waals surface area contributed by atoms with Gasteiger partial charge in [0.1, 0.15) is 0 Å². The molecular weight excluding hydrogens is 276 g/mol. The average molecular weight is 293 g/mol. The summed E-state index contributed by atoms with van der Waals surface area (Å²) in [6.07, 6.45) is 2.29. The number of benzene rings is 1. The molecule has 0 bridgehead atoms. The second-order valence-corrected chi connectivity index (χ2v) is 5.96. The number of nitrogens with zero attached hydrogens (tertiary/aromatic N) is 1. The first kappa shape index (κ1) is 13.4. The zero-order valence-corrected chi connectivity index (χ0v) is 11.9. The highest BCUT2D eigenvalue weighted by Crippen LogP contribution is 2.26.